The van der Waals surface area contributed by atoms with Crippen molar-refractivity contribution in [3.8, 4) is 22.8 Å². The lowest BCUT2D eigenvalue weighted by Gasteiger charge is -2.08. The summed E-state index contributed by atoms with van der Waals surface area (Å²) in [6.45, 7) is 0. The standard InChI is InChI=1S/C16H14N2O3/c1-20-11-4-5-12-13(7-11)14(9-18-16(12)19)10-3-6-15(21-2)17-8-10/h3-9H,1-2H3,(H,18,19). The van der Waals surface area contributed by atoms with E-state index in [1.54, 1.807) is 44.8 Å². The Morgan fingerprint density at radius 2 is 1.90 bits per heavy atom. The number of ether oxygens (including phenoxy) is 2. The van der Waals surface area contributed by atoms with Crippen LogP contribution in [0.5, 0.6) is 11.6 Å². The molecule has 21 heavy (non-hydrogen) atoms. The van der Waals surface area contributed by atoms with Gasteiger partial charge in [0.2, 0.25) is 5.88 Å². The van der Waals surface area contributed by atoms with Crippen molar-refractivity contribution in [2.24, 2.45) is 0 Å². The van der Waals surface area contributed by atoms with Gasteiger partial charge in [0.05, 0.1) is 14.2 Å². The Balaban J connectivity index is 2.25. The van der Waals surface area contributed by atoms with Crippen LogP contribution in [-0.4, -0.2) is 24.2 Å². The Kier molecular flexibility index (Phi) is 3.31. The molecule has 0 atom stereocenters. The molecule has 0 unspecified atom stereocenters. The van der Waals surface area contributed by atoms with Crippen LogP contribution in [0.4, 0.5) is 0 Å². The van der Waals surface area contributed by atoms with Crippen molar-refractivity contribution in [2.75, 3.05) is 14.2 Å². The van der Waals surface area contributed by atoms with E-state index >= 15 is 0 Å². The highest BCUT2D eigenvalue weighted by Crippen LogP contribution is 2.29. The van der Waals surface area contributed by atoms with Crippen molar-refractivity contribution >= 4 is 10.8 Å². The summed E-state index contributed by atoms with van der Waals surface area (Å²) in [5, 5.41) is 1.44. The summed E-state index contributed by atoms with van der Waals surface area (Å²) in [6.07, 6.45) is 3.40. The topological polar surface area (TPSA) is 64.2 Å². The number of hydrogen-bond acceptors (Lipinski definition) is 4. The number of aromatic amines is 1. The molecule has 0 aliphatic heterocycles. The number of H-pyrrole nitrogens is 1. The van der Waals surface area contributed by atoms with Gasteiger partial charge in [-0.2, -0.15) is 0 Å². The number of rotatable bonds is 3. The first-order valence-electron chi connectivity index (χ1n) is 6.43. The lowest BCUT2D eigenvalue weighted by atomic mass is 10.0. The van der Waals surface area contributed by atoms with Crippen molar-refractivity contribution in [3.05, 3.63) is 53.1 Å². The molecule has 3 aromatic rings. The number of pyridine rings is 2. The summed E-state index contributed by atoms with van der Waals surface area (Å²) >= 11 is 0. The van der Waals surface area contributed by atoms with Gasteiger partial charge in [-0.1, -0.05) is 0 Å². The Bertz CT molecular complexity index is 838. The fourth-order valence-electron chi connectivity index (χ4n) is 2.26. The van der Waals surface area contributed by atoms with Gasteiger partial charge in [0.15, 0.2) is 0 Å². The zero-order chi connectivity index (χ0) is 14.8. The molecule has 1 aromatic carbocycles. The fraction of sp³-hybridized carbons (Fsp3) is 0.125. The van der Waals surface area contributed by atoms with Crippen LogP contribution < -0.4 is 15.0 Å². The van der Waals surface area contributed by atoms with E-state index in [4.69, 9.17) is 9.47 Å². The summed E-state index contributed by atoms with van der Waals surface area (Å²) < 4.78 is 10.3. The van der Waals surface area contributed by atoms with E-state index in [1.165, 1.54) is 0 Å². The maximum Gasteiger partial charge on any atom is 0.255 e. The summed E-state index contributed by atoms with van der Waals surface area (Å²) in [7, 11) is 3.17. The maximum atomic E-state index is 11.9. The second kappa shape index (κ2) is 5.28. The molecule has 2 aromatic heterocycles. The average molecular weight is 282 g/mol. The normalized spacial score (nSPS) is 10.6. The second-order valence-electron chi connectivity index (χ2n) is 4.53. The van der Waals surface area contributed by atoms with Crippen LogP contribution in [0, 0.1) is 0 Å². The maximum absolute atomic E-state index is 11.9. The summed E-state index contributed by atoms with van der Waals surface area (Å²) in [6, 6.07) is 9.07. The van der Waals surface area contributed by atoms with E-state index in [1.807, 2.05) is 12.1 Å². The average Bonchev–Trinajstić information content (AvgIpc) is 2.55. The molecule has 0 amide bonds. The van der Waals surface area contributed by atoms with Gasteiger partial charge < -0.3 is 14.5 Å². The zero-order valence-electron chi connectivity index (χ0n) is 11.7. The molecule has 0 aliphatic rings. The van der Waals surface area contributed by atoms with Gasteiger partial charge >= 0.3 is 0 Å². The van der Waals surface area contributed by atoms with Crippen molar-refractivity contribution in [3.63, 3.8) is 0 Å². The van der Waals surface area contributed by atoms with Crippen molar-refractivity contribution in [1.29, 1.82) is 0 Å². The molecule has 3 rings (SSSR count). The highest BCUT2D eigenvalue weighted by Gasteiger charge is 2.09. The molecule has 0 radical (unpaired) electrons. The molecule has 0 saturated carbocycles. The Hall–Kier alpha value is -2.82. The van der Waals surface area contributed by atoms with Crippen LogP contribution in [0.2, 0.25) is 0 Å². The molecule has 2 heterocycles. The summed E-state index contributed by atoms with van der Waals surface area (Å²) in [4.78, 5) is 18.9. The number of benzene rings is 1. The molecule has 0 fully saturated rings. The molecular formula is C16H14N2O3. The predicted molar refractivity (Wildman–Crippen MR) is 80.9 cm³/mol. The van der Waals surface area contributed by atoms with Crippen molar-refractivity contribution in [1.82, 2.24) is 9.97 Å². The Morgan fingerprint density at radius 1 is 1.05 bits per heavy atom. The van der Waals surface area contributed by atoms with E-state index in [9.17, 15) is 4.79 Å². The second-order valence-corrected chi connectivity index (χ2v) is 4.53. The summed E-state index contributed by atoms with van der Waals surface area (Å²) in [5.74, 6) is 1.25. The van der Waals surface area contributed by atoms with Gasteiger partial charge in [-0.3, -0.25) is 4.79 Å². The molecule has 106 valence electrons. The first-order chi connectivity index (χ1) is 10.2. The predicted octanol–water partition coefficient (Wildman–Crippen LogP) is 2.61. The van der Waals surface area contributed by atoms with Crippen LogP contribution in [0.15, 0.2) is 47.5 Å². The Labute approximate surface area is 121 Å². The van der Waals surface area contributed by atoms with Gasteiger partial charge in [-0.25, -0.2) is 4.98 Å². The van der Waals surface area contributed by atoms with Crippen LogP contribution in [0.3, 0.4) is 0 Å². The van der Waals surface area contributed by atoms with Crippen molar-refractivity contribution in [2.45, 2.75) is 0 Å². The minimum absolute atomic E-state index is 0.127. The smallest absolute Gasteiger partial charge is 0.255 e. The van der Waals surface area contributed by atoms with Gasteiger partial charge in [-0.15, -0.1) is 0 Å². The molecular weight excluding hydrogens is 268 g/mol. The van der Waals surface area contributed by atoms with Crippen LogP contribution in [-0.2, 0) is 0 Å². The molecule has 0 spiro atoms. The van der Waals surface area contributed by atoms with E-state index in [2.05, 4.69) is 9.97 Å². The largest absolute Gasteiger partial charge is 0.497 e. The third kappa shape index (κ3) is 2.33. The molecule has 5 heteroatoms. The Morgan fingerprint density at radius 3 is 2.57 bits per heavy atom. The lowest BCUT2D eigenvalue weighted by molar-refractivity contribution is 0.398. The number of aromatic nitrogens is 2. The van der Waals surface area contributed by atoms with Gasteiger partial charge in [0.25, 0.3) is 5.56 Å². The third-order valence-corrected chi connectivity index (χ3v) is 3.37. The van der Waals surface area contributed by atoms with Crippen molar-refractivity contribution < 1.29 is 9.47 Å². The minimum atomic E-state index is -0.127. The van der Waals surface area contributed by atoms with Crippen LogP contribution in [0.25, 0.3) is 21.9 Å². The monoisotopic (exact) mass is 282 g/mol. The first kappa shape index (κ1) is 13.2. The number of nitrogens with zero attached hydrogens (tertiary/aromatic N) is 1. The molecule has 0 aliphatic carbocycles. The van der Waals surface area contributed by atoms with Gasteiger partial charge in [0, 0.05) is 40.4 Å². The van der Waals surface area contributed by atoms with E-state index in [0.29, 0.717) is 17.0 Å². The fourth-order valence-corrected chi connectivity index (χ4v) is 2.26. The van der Waals surface area contributed by atoms with E-state index in [-0.39, 0.29) is 5.56 Å². The van der Waals surface area contributed by atoms with Crippen LogP contribution >= 0.6 is 0 Å². The number of nitrogens with one attached hydrogen (secondary N) is 1. The summed E-state index contributed by atoms with van der Waals surface area (Å²) in [5.41, 5.74) is 1.65. The van der Waals surface area contributed by atoms with E-state index in [0.717, 1.165) is 16.5 Å². The van der Waals surface area contributed by atoms with Crippen LogP contribution in [0.1, 0.15) is 0 Å². The SMILES string of the molecule is COc1ccc2c(=O)[nH]cc(-c3ccc(OC)nc3)c2c1. The molecule has 0 bridgehead atoms. The quantitative estimate of drug-likeness (QED) is 0.802. The highest BCUT2D eigenvalue weighted by atomic mass is 16.5. The zero-order valence-corrected chi connectivity index (χ0v) is 11.7. The third-order valence-electron chi connectivity index (χ3n) is 3.37. The highest BCUT2D eigenvalue weighted by molar-refractivity contribution is 5.96. The lowest BCUT2D eigenvalue weighted by Crippen LogP contribution is -2.06. The first-order valence-corrected chi connectivity index (χ1v) is 6.43. The van der Waals surface area contributed by atoms with E-state index < -0.39 is 0 Å². The number of fused-ring (bicyclic) bond motifs is 1. The molecule has 0 saturated heterocycles. The van der Waals surface area contributed by atoms with Gasteiger partial charge in [-0.05, 0) is 24.3 Å². The number of hydrogen-bond donors (Lipinski definition) is 1. The van der Waals surface area contributed by atoms with Gasteiger partial charge in [0.1, 0.15) is 5.75 Å². The molecule has 1 N–H and O–H groups in total. The minimum Gasteiger partial charge on any atom is -0.497 e. The number of methoxy groups -OCH3 is 2. The molecule has 5 nitrogen and oxygen atoms in total.